The van der Waals surface area contributed by atoms with E-state index in [9.17, 15) is 4.39 Å². The SMILES string of the molecule is [B]C(F)Cc1ccccc1Cn1c(CC)nc2ccc(C(/C=C\CC)=C/C)cc21. The summed E-state index contributed by atoms with van der Waals surface area (Å²) >= 11 is 0. The molecule has 3 rings (SSSR count). The molecule has 0 saturated heterocycles. The Bertz CT molecular complexity index is 1030. The van der Waals surface area contributed by atoms with E-state index >= 15 is 0 Å². The molecular weight excluding hydrogens is 358 g/mol. The average molecular weight is 386 g/mol. The van der Waals surface area contributed by atoms with Crippen molar-refractivity contribution in [3.63, 3.8) is 0 Å². The number of hydrogen-bond donors (Lipinski definition) is 0. The zero-order valence-electron chi connectivity index (χ0n) is 17.5. The first-order valence-electron chi connectivity index (χ1n) is 10.4. The van der Waals surface area contributed by atoms with Crippen LogP contribution in [0.15, 0.2) is 60.7 Å². The molecule has 0 aliphatic rings. The summed E-state index contributed by atoms with van der Waals surface area (Å²) < 4.78 is 15.7. The maximum atomic E-state index is 13.5. The molecule has 1 aromatic heterocycles. The first-order valence-corrected chi connectivity index (χ1v) is 10.4. The normalized spacial score (nSPS) is 13.4. The highest BCUT2D eigenvalue weighted by Crippen LogP contribution is 2.25. The highest BCUT2D eigenvalue weighted by Gasteiger charge is 2.14. The third kappa shape index (κ3) is 4.87. The van der Waals surface area contributed by atoms with E-state index in [-0.39, 0.29) is 6.42 Å². The van der Waals surface area contributed by atoms with Crippen LogP contribution in [-0.2, 0) is 19.4 Å². The van der Waals surface area contributed by atoms with Crippen molar-refractivity contribution < 1.29 is 4.39 Å². The van der Waals surface area contributed by atoms with Crippen LogP contribution in [0.25, 0.3) is 16.6 Å². The molecule has 1 heterocycles. The third-order valence-electron chi connectivity index (χ3n) is 5.18. The summed E-state index contributed by atoms with van der Waals surface area (Å²) in [4.78, 5) is 4.83. The molecule has 0 amide bonds. The van der Waals surface area contributed by atoms with Gasteiger partial charge in [0.25, 0.3) is 0 Å². The van der Waals surface area contributed by atoms with Crippen molar-refractivity contribution in [2.24, 2.45) is 0 Å². The van der Waals surface area contributed by atoms with Crippen LogP contribution in [0.2, 0.25) is 0 Å². The van der Waals surface area contributed by atoms with Crippen LogP contribution >= 0.6 is 0 Å². The van der Waals surface area contributed by atoms with Crippen molar-refractivity contribution in [3.05, 3.63) is 83.2 Å². The van der Waals surface area contributed by atoms with Crippen molar-refractivity contribution in [2.45, 2.75) is 52.6 Å². The van der Waals surface area contributed by atoms with Crippen LogP contribution in [0.5, 0.6) is 0 Å². The van der Waals surface area contributed by atoms with Crippen LogP contribution in [-0.4, -0.2) is 23.5 Å². The van der Waals surface area contributed by atoms with E-state index in [4.69, 9.17) is 12.8 Å². The van der Waals surface area contributed by atoms with E-state index in [0.29, 0.717) is 6.54 Å². The lowest BCUT2D eigenvalue weighted by atomic mass is 9.92. The van der Waals surface area contributed by atoms with Gasteiger partial charge in [-0.2, -0.15) is 0 Å². The van der Waals surface area contributed by atoms with Crippen molar-refractivity contribution in [3.8, 4) is 0 Å². The van der Waals surface area contributed by atoms with Gasteiger partial charge in [0.15, 0.2) is 0 Å². The fourth-order valence-corrected chi connectivity index (χ4v) is 3.69. The number of imidazole rings is 1. The summed E-state index contributed by atoms with van der Waals surface area (Å²) in [6.07, 6.45) is 7.18. The molecule has 2 aromatic carbocycles. The topological polar surface area (TPSA) is 17.8 Å². The van der Waals surface area contributed by atoms with Gasteiger partial charge in [-0.25, -0.2) is 4.98 Å². The molecule has 4 heteroatoms. The molecule has 2 radical (unpaired) electrons. The van der Waals surface area contributed by atoms with Gasteiger partial charge in [-0.1, -0.05) is 62.4 Å². The van der Waals surface area contributed by atoms with Gasteiger partial charge >= 0.3 is 0 Å². The quantitative estimate of drug-likeness (QED) is 0.342. The maximum Gasteiger partial charge on any atom is 0.117 e. The Labute approximate surface area is 174 Å². The van der Waals surface area contributed by atoms with Crippen LogP contribution in [0, 0.1) is 0 Å². The van der Waals surface area contributed by atoms with Crippen molar-refractivity contribution in [1.82, 2.24) is 9.55 Å². The average Bonchev–Trinajstić information content (AvgIpc) is 3.06. The third-order valence-corrected chi connectivity index (χ3v) is 5.18. The Balaban J connectivity index is 2.07. The van der Waals surface area contributed by atoms with Crippen LogP contribution in [0.1, 0.15) is 49.7 Å². The highest BCUT2D eigenvalue weighted by atomic mass is 19.1. The van der Waals surface area contributed by atoms with Crippen LogP contribution in [0.4, 0.5) is 4.39 Å². The molecule has 29 heavy (non-hydrogen) atoms. The van der Waals surface area contributed by atoms with E-state index < -0.39 is 6.07 Å². The zero-order valence-corrected chi connectivity index (χ0v) is 17.5. The number of aromatic nitrogens is 2. The summed E-state index contributed by atoms with van der Waals surface area (Å²) in [7, 11) is 5.42. The summed E-state index contributed by atoms with van der Waals surface area (Å²) in [5, 5.41) is 0. The van der Waals surface area contributed by atoms with E-state index in [1.807, 2.05) is 24.3 Å². The van der Waals surface area contributed by atoms with Gasteiger partial charge in [0.2, 0.25) is 0 Å². The predicted molar refractivity (Wildman–Crippen MR) is 122 cm³/mol. The molecule has 148 valence electrons. The molecule has 1 unspecified atom stereocenters. The largest absolute Gasteiger partial charge is 0.323 e. The van der Waals surface area contributed by atoms with Gasteiger partial charge in [0, 0.05) is 13.0 Å². The minimum Gasteiger partial charge on any atom is -0.323 e. The van der Waals surface area contributed by atoms with E-state index in [0.717, 1.165) is 40.8 Å². The van der Waals surface area contributed by atoms with E-state index in [1.165, 1.54) is 11.1 Å². The number of fused-ring (bicyclic) bond motifs is 1. The number of benzene rings is 2. The van der Waals surface area contributed by atoms with Crippen molar-refractivity contribution in [1.29, 1.82) is 0 Å². The molecule has 0 bridgehead atoms. The second kappa shape index (κ2) is 9.73. The standard InChI is InChI=1S/C25H28BFN2/c1-4-7-10-18(5-2)20-13-14-22-23(15-20)29(25(6-3)28-22)17-21-12-9-8-11-19(21)16-24(26)27/h5,7-15,24H,4,6,16-17H2,1-3H3/b10-7-,18-5+. The first-order chi connectivity index (χ1) is 14.1. The monoisotopic (exact) mass is 386 g/mol. The summed E-state index contributed by atoms with van der Waals surface area (Å²) in [6.45, 7) is 6.96. The summed E-state index contributed by atoms with van der Waals surface area (Å²) in [5.41, 5.74) is 6.48. The second-order valence-electron chi connectivity index (χ2n) is 7.21. The predicted octanol–water partition coefficient (Wildman–Crippen LogP) is 6.02. The highest BCUT2D eigenvalue weighted by molar-refractivity contribution is 6.11. The zero-order chi connectivity index (χ0) is 20.8. The second-order valence-corrected chi connectivity index (χ2v) is 7.21. The fourth-order valence-electron chi connectivity index (χ4n) is 3.69. The molecule has 0 N–H and O–H groups in total. The lowest BCUT2D eigenvalue weighted by Gasteiger charge is -2.14. The minimum absolute atomic E-state index is 0.222. The molecule has 0 spiro atoms. The number of hydrogen-bond acceptors (Lipinski definition) is 1. The van der Waals surface area contributed by atoms with Crippen molar-refractivity contribution in [2.75, 3.05) is 0 Å². The molecule has 0 aliphatic carbocycles. The van der Waals surface area contributed by atoms with Gasteiger partial charge in [-0.05, 0) is 54.2 Å². The molecular formula is C25H28BFN2. The first kappa shape index (κ1) is 21.1. The lowest BCUT2D eigenvalue weighted by Crippen LogP contribution is -2.10. The Morgan fingerprint density at radius 1 is 1.17 bits per heavy atom. The molecule has 2 nitrogen and oxygen atoms in total. The molecule has 3 aromatic rings. The number of rotatable bonds is 8. The fraction of sp³-hybridized carbons (Fsp3) is 0.320. The Morgan fingerprint density at radius 2 is 1.93 bits per heavy atom. The van der Waals surface area contributed by atoms with Gasteiger partial charge in [-0.15, -0.1) is 0 Å². The van der Waals surface area contributed by atoms with Gasteiger partial charge < -0.3 is 4.57 Å². The summed E-state index contributed by atoms with van der Waals surface area (Å²) in [5.74, 6) is 1.03. The van der Waals surface area contributed by atoms with E-state index in [1.54, 1.807) is 0 Å². The number of nitrogens with zero attached hydrogens (tertiary/aromatic N) is 2. The smallest absolute Gasteiger partial charge is 0.117 e. The Kier molecular flexibility index (Phi) is 7.08. The molecule has 0 aliphatic heterocycles. The number of halogens is 1. The number of alkyl halides is 1. The lowest BCUT2D eigenvalue weighted by molar-refractivity contribution is 0.440. The van der Waals surface area contributed by atoms with Crippen LogP contribution in [0.3, 0.4) is 0 Å². The minimum atomic E-state index is -1.35. The number of aryl methyl sites for hydroxylation is 1. The number of allylic oxidation sites excluding steroid dienone is 4. The maximum absolute atomic E-state index is 13.5. The van der Waals surface area contributed by atoms with Gasteiger partial charge in [-0.3, -0.25) is 4.39 Å². The van der Waals surface area contributed by atoms with Crippen molar-refractivity contribution >= 4 is 24.5 Å². The molecule has 0 fully saturated rings. The summed E-state index contributed by atoms with van der Waals surface area (Å²) in [6, 6.07) is 14.4. The Hall–Kier alpha value is -2.62. The van der Waals surface area contributed by atoms with Gasteiger partial charge in [0.05, 0.1) is 17.1 Å². The van der Waals surface area contributed by atoms with Gasteiger partial charge in [0.1, 0.15) is 13.7 Å². The molecule has 1 atom stereocenters. The van der Waals surface area contributed by atoms with Crippen LogP contribution < -0.4 is 0 Å². The van der Waals surface area contributed by atoms with E-state index in [2.05, 4.69) is 61.8 Å². The molecule has 0 saturated carbocycles. The Morgan fingerprint density at radius 3 is 2.59 bits per heavy atom.